The van der Waals surface area contributed by atoms with E-state index in [2.05, 4.69) is 14.4 Å². The third kappa shape index (κ3) is 4.02. The van der Waals surface area contributed by atoms with Gasteiger partial charge in [-0.15, -0.1) is 0 Å². The van der Waals surface area contributed by atoms with Crippen LogP contribution in [-0.4, -0.2) is 28.3 Å². The quantitative estimate of drug-likeness (QED) is 0.772. The third-order valence-electron chi connectivity index (χ3n) is 2.90. The number of nitrogens with zero attached hydrogens (tertiary/aromatic N) is 2. The molecule has 2 N–H and O–H groups in total. The van der Waals surface area contributed by atoms with E-state index in [1.807, 2.05) is 0 Å². The summed E-state index contributed by atoms with van der Waals surface area (Å²) in [6.07, 6.45) is 1.29. The molecule has 0 unspecified atom stereocenters. The predicted molar refractivity (Wildman–Crippen MR) is 68.5 cm³/mol. The zero-order chi connectivity index (χ0) is 15.3. The molecule has 1 heterocycles. The number of carbonyl (C=O) groups excluding carboxylic acids is 1. The molecule has 1 rings (SSSR count). The maximum absolute atomic E-state index is 13.6. The average molecular weight is 287 g/mol. The highest BCUT2D eigenvalue weighted by molar-refractivity contribution is 5.79. The van der Waals surface area contributed by atoms with Crippen LogP contribution in [0.1, 0.15) is 25.6 Å². The molecule has 0 radical (unpaired) electrons. The highest BCUT2D eigenvalue weighted by atomic mass is 19.1. The van der Waals surface area contributed by atoms with Gasteiger partial charge in [-0.1, -0.05) is 5.16 Å². The molecule has 1 aromatic heterocycles. The maximum Gasteiger partial charge on any atom is 0.441 e. The van der Waals surface area contributed by atoms with E-state index in [0.717, 1.165) is 0 Å². The number of hydrogen-bond acceptors (Lipinski definition) is 6. The Morgan fingerprint density at radius 1 is 1.65 bits per heavy atom. The summed E-state index contributed by atoms with van der Waals surface area (Å²) < 4.78 is 23.8. The van der Waals surface area contributed by atoms with Crippen LogP contribution in [0.25, 0.3) is 0 Å². The van der Waals surface area contributed by atoms with E-state index < -0.39 is 23.1 Å². The van der Waals surface area contributed by atoms with Crippen molar-refractivity contribution >= 4 is 5.97 Å². The van der Waals surface area contributed by atoms with Gasteiger partial charge >= 0.3 is 11.7 Å². The molecule has 0 spiro atoms. The number of carbonyl (C=O) groups is 1. The van der Waals surface area contributed by atoms with Gasteiger partial charge in [0.15, 0.2) is 5.82 Å². The van der Waals surface area contributed by atoms with E-state index >= 15 is 0 Å². The number of aromatic nitrogens is 2. The Kier molecular flexibility index (Phi) is 5.20. The molecule has 0 aliphatic carbocycles. The summed E-state index contributed by atoms with van der Waals surface area (Å²) in [5.41, 5.74) is 4.46. The van der Waals surface area contributed by atoms with Gasteiger partial charge in [0.1, 0.15) is 5.54 Å². The van der Waals surface area contributed by atoms with E-state index in [-0.39, 0.29) is 19.4 Å². The van der Waals surface area contributed by atoms with Crippen LogP contribution in [-0.2, 0) is 16.1 Å². The normalized spacial score (nSPS) is 14.9. The molecular weight excluding hydrogens is 269 g/mol. The van der Waals surface area contributed by atoms with E-state index in [9.17, 15) is 14.0 Å². The van der Waals surface area contributed by atoms with Gasteiger partial charge in [0, 0.05) is 6.42 Å². The van der Waals surface area contributed by atoms with Crippen LogP contribution in [0.15, 0.2) is 21.2 Å². The lowest BCUT2D eigenvalue weighted by atomic mass is 9.97. The molecule has 7 nitrogen and oxygen atoms in total. The maximum atomic E-state index is 13.6. The number of halogens is 1. The molecule has 0 fully saturated rings. The first kappa shape index (κ1) is 16.1. The molecule has 112 valence electrons. The summed E-state index contributed by atoms with van der Waals surface area (Å²) in [6, 6.07) is 0. The number of aryl methyl sites for hydroxylation is 1. The zero-order valence-corrected chi connectivity index (χ0v) is 11.7. The first-order valence-electron chi connectivity index (χ1n) is 6.03. The molecule has 0 aliphatic rings. The van der Waals surface area contributed by atoms with Crippen LogP contribution in [0.3, 0.4) is 0 Å². The van der Waals surface area contributed by atoms with Gasteiger partial charge in [-0.2, -0.15) is 0 Å². The van der Waals surface area contributed by atoms with Gasteiger partial charge in [-0.25, -0.2) is 9.18 Å². The van der Waals surface area contributed by atoms with E-state index in [0.29, 0.717) is 5.82 Å². The number of nitrogens with two attached hydrogens (primary N) is 1. The standard InChI is InChI=1S/C12H18FN3O4/c1-8-15-20-11(18)16(8)7-5-9(13)4-6-12(2,14)10(17)19-3/h5H,4,6-7,14H2,1-3H3/t12-/m1/s1. The van der Waals surface area contributed by atoms with Gasteiger partial charge in [-0.05, 0) is 26.3 Å². The predicted octanol–water partition coefficient (Wildman–Crippen LogP) is 0.669. The second kappa shape index (κ2) is 6.47. The van der Waals surface area contributed by atoms with Crippen LogP contribution in [0, 0.1) is 6.92 Å². The van der Waals surface area contributed by atoms with Crippen molar-refractivity contribution in [2.75, 3.05) is 7.11 Å². The molecular formula is C12H18FN3O4. The Hall–Kier alpha value is -1.96. The van der Waals surface area contributed by atoms with Crippen molar-refractivity contribution in [1.82, 2.24) is 9.72 Å². The van der Waals surface area contributed by atoms with E-state index in [1.165, 1.54) is 24.7 Å². The topological polar surface area (TPSA) is 100 Å². The first-order chi connectivity index (χ1) is 9.27. The van der Waals surface area contributed by atoms with E-state index in [1.54, 1.807) is 6.92 Å². The summed E-state index contributed by atoms with van der Waals surface area (Å²) >= 11 is 0. The minimum Gasteiger partial charge on any atom is -0.468 e. The van der Waals surface area contributed by atoms with Crippen LogP contribution in [0.4, 0.5) is 4.39 Å². The lowest BCUT2D eigenvalue weighted by molar-refractivity contribution is -0.146. The fourth-order valence-electron chi connectivity index (χ4n) is 1.55. The average Bonchev–Trinajstić information content (AvgIpc) is 2.72. The Balaban J connectivity index is 2.59. The first-order valence-corrected chi connectivity index (χ1v) is 6.03. The Morgan fingerprint density at radius 3 is 2.80 bits per heavy atom. The summed E-state index contributed by atoms with van der Waals surface area (Å²) in [6.45, 7) is 3.06. The number of esters is 1. The number of allylic oxidation sites excluding steroid dienone is 2. The van der Waals surface area contributed by atoms with Crippen molar-refractivity contribution in [3.63, 3.8) is 0 Å². The van der Waals surface area contributed by atoms with E-state index in [4.69, 9.17) is 5.73 Å². The number of rotatable bonds is 6. The smallest absolute Gasteiger partial charge is 0.441 e. The highest BCUT2D eigenvalue weighted by Crippen LogP contribution is 2.16. The van der Waals surface area contributed by atoms with Gasteiger partial charge in [0.25, 0.3) is 0 Å². The summed E-state index contributed by atoms with van der Waals surface area (Å²) in [7, 11) is 1.22. The Bertz CT molecular complexity index is 559. The van der Waals surface area contributed by atoms with Crippen LogP contribution in [0.2, 0.25) is 0 Å². The Labute approximate surface area is 115 Å². The number of hydrogen-bond donors (Lipinski definition) is 1. The zero-order valence-electron chi connectivity index (χ0n) is 11.7. The number of ether oxygens (including phenoxy) is 1. The molecule has 0 saturated heterocycles. The van der Waals surface area contributed by atoms with Gasteiger partial charge in [0.05, 0.1) is 19.5 Å². The minimum atomic E-state index is -1.25. The molecule has 0 bridgehead atoms. The summed E-state index contributed by atoms with van der Waals surface area (Å²) in [4.78, 5) is 22.5. The van der Waals surface area contributed by atoms with Crippen molar-refractivity contribution in [2.45, 2.75) is 38.8 Å². The van der Waals surface area contributed by atoms with Gasteiger partial charge in [-0.3, -0.25) is 13.9 Å². The van der Waals surface area contributed by atoms with Crippen molar-refractivity contribution in [2.24, 2.45) is 5.73 Å². The number of methoxy groups -OCH3 is 1. The van der Waals surface area contributed by atoms with Crippen molar-refractivity contribution in [1.29, 1.82) is 0 Å². The van der Waals surface area contributed by atoms with Gasteiger partial charge < -0.3 is 10.5 Å². The lowest BCUT2D eigenvalue weighted by Crippen LogP contribution is -2.45. The van der Waals surface area contributed by atoms with Crippen molar-refractivity contribution < 1.29 is 18.4 Å². The molecule has 8 heteroatoms. The second-order valence-corrected chi connectivity index (χ2v) is 4.67. The van der Waals surface area contributed by atoms with Crippen LogP contribution in [0.5, 0.6) is 0 Å². The highest BCUT2D eigenvalue weighted by Gasteiger charge is 2.29. The summed E-state index contributed by atoms with van der Waals surface area (Å²) in [5, 5.41) is 3.46. The fraction of sp³-hybridized carbons (Fsp3) is 0.583. The molecule has 1 aromatic rings. The Morgan fingerprint density at radius 2 is 2.30 bits per heavy atom. The molecule has 1 atom stereocenters. The fourth-order valence-corrected chi connectivity index (χ4v) is 1.55. The molecule has 0 saturated carbocycles. The molecule has 0 aliphatic heterocycles. The van der Waals surface area contributed by atoms with Gasteiger partial charge in [0.2, 0.25) is 0 Å². The lowest BCUT2D eigenvalue weighted by Gasteiger charge is -2.20. The van der Waals surface area contributed by atoms with Crippen LogP contribution >= 0.6 is 0 Å². The molecule has 0 aromatic carbocycles. The minimum absolute atomic E-state index is 0.0134. The summed E-state index contributed by atoms with van der Waals surface area (Å²) in [5.74, 6) is -1.36. The molecule has 0 amide bonds. The largest absolute Gasteiger partial charge is 0.468 e. The molecule has 20 heavy (non-hydrogen) atoms. The van der Waals surface area contributed by atoms with Crippen LogP contribution < -0.4 is 11.5 Å². The monoisotopic (exact) mass is 287 g/mol. The van der Waals surface area contributed by atoms with Crippen molar-refractivity contribution in [3.8, 4) is 0 Å². The van der Waals surface area contributed by atoms with Crippen molar-refractivity contribution in [3.05, 3.63) is 28.3 Å². The second-order valence-electron chi connectivity index (χ2n) is 4.67. The third-order valence-corrected chi connectivity index (χ3v) is 2.90. The SMILES string of the molecule is COC(=O)[C@](C)(N)CCC(F)=CCn1c(C)noc1=O.